The first-order chi connectivity index (χ1) is 35.5. The average Bonchev–Trinajstić information content (AvgIpc) is 3.77. The Morgan fingerprint density at radius 2 is 1.13 bits per heavy atom. The number of rotatable bonds is 15. The maximum Gasteiger partial charge on any atom is 0.187 e. The summed E-state index contributed by atoms with van der Waals surface area (Å²) in [5.41, 5.74) is -2.65. The van der Waals surface area contributed by atoms with Crippen molar-refractivity contribution in [1.29, 1.82) is 0 Å². The zero-order valence-corrected chi connectivity index (χ0v) is 45.5. The highest BCUT2D eigenvalue weighted by Gasteiger charge is 2.72. The second-order valence-electron chi connectivity index (χ2n) is 25.8. The molecule has 440 valence electrons. The Morgan fingerprint density at radius 3 is 1.76 bits per heavy atom. The first-order valence-electron chi connectivity index (χ1n) is 27.8. The van der Waals surface area contributed by atoms with Crippen molar-refractivity contribution in [2.75, 3.05) is 19.8 Å². The van der Waals surface area contributed by atoms with E-state index >= 15 is 0 Å². The number of hydrogen-bond donors (Lipinski definition) is 14. The third-order valence-corrected chi connectivity index (χ3v) is 20.7. The Kier molecular flexibility index (Phi) is 18.4. The van der Waals surface area contributed by atoms with Gasteiger partial charge in [-0.15, -0.1) is 0 Å². The van der Waals surface area contributed by atoms with E-state index in [0.29, 0.717) is 32.1 Å². The third kappa shape index (κ3) is 10.5. The van der Waals surface area contributed by atoms with Crippen LogP contribution in [0.25, 0.3) is 0 Å². The van der Waals surface area contributed by atoms with Crippen LogP contribution in [-0.4, -0.2) is 232 Å². The molecule has 22 nitrogen and oxygen atoms in total. The maximum atomic E-state index is 12.8. The lowest BCUT2D eigenvalue weighted by Crippen LogP contribution is -2.68. The molecule has 8 aliphatic rings. The van der Waals surface area contributed by atoms with Crippen molar-refractivity contribution in [3.8, 4) is 0 Å². The van der Waals surface area contributed by atoms with Crippen LogP contribution in [0.3, 0.4) is 0 Å². The van der Waals surface area contributed by atoms with Crippen LogP contribution in [0.1, 0.15) is 114 Å². The molecule has 0 aromatic carbocycles. The summed E-state index contributed by atoms with van der Waals surface area (Å²) in [7, 11) is 0. The number of ether oxygens (including phenoxy) is 8. The first-order valence-corrected chi connectivity index (χ1v) is 27.8. The van der Waals surface area contributed by atoms with Gasteiger partial charge in [0.15, 0.2) is 25.2 Å². The molecule has 0 amide bonds. The average molecular weight is 1090 g/mol. The summed E-state index contributed by atoms with van der Waals surface area (Å²) in [5.74, 6) is -0.246. The molecule has 4 heterocycles. The maximum absolute atomic E-state index is 12.8. The Labute approximate surface area is 445 Å². The van der Waals surface area contributed by atoms with E-state index in [9.17, 15) is 71.5 Å². The van der Waals surface area contributed by atoms with Gasteiger partial charge in [0.1, 0.15) is 91.6 Å². The van der Waals surface area contributed by atoms with E-state index in [2.05, 4.69) is 54.5 Å². The molecular formula is C54H92O22. The van der Waals surface area contributed by atoms with Gasteiger partial charge in [0.2, 0.25) is 0 Å². The third-order valence-electron chi connectivity index (χ3n) is 20.7. The monoisotopic (exact) mass is 1090 g/mol. The molecule has 4 aliphatic carbocycles. The minimum atomic E-state index is -1.81. The lowest BCUT2D eigenvalue weighted by molar-refractivity contribution is -0.378. The molecule has 4 saturated carbocycles. The van der Waals surface area contributed by atoms with Crippen molar-refractivity contribution >= 4 is 0 Å². The SMILES string of the molecule is CC(C)/C=C/C[C@](C)(O[C@@H]1O[C@H](CO[C@@H]2O[C@@H](C)[C@H](O)[C@@H](O)[C@H]2O)[C@@H](O)[C@H](O)[C@H]1O)[C@H]1CC[C@]2(C)[C@@H]1[C@H](O)C[C@@H]1[C@@]3(C)CC[C@H](O[C@@H]4O[C@H](CO)[C@@H](O)[C@H](O)[C@H]4O[C@@H]4O[C@H](CO)[C@@H](O)[C@H](O)[C@H]4O)C(C)(C)[C@@H]3CC[C@]12C. The summed E-state index contributed by atoms with van der Waals surface area (Å²) in [6.45, 7) is 17.0. The largest absolute Gasteiger partial charge is 0.394 e. The van der Waals surface area contributed by atoms with Gasteiger partial charge >= 0.3 is 0 Å². The second kappa shape index (κ2) is 22.9. The Morgan fingerprint density at radius 1 is 0.579 bits per heavy atom. The van der Waals surface area contributed by atoms with Crippen LogP contribution in [0, 0.1) is 51.2 Å². The Balaban J connectivity index is 1.01. The van der Waals surface area contributed by atoms with Crippen molar-refractivity contribution in [3.05, 3.63) is 12.2 Å². The van der Waals surface area contributed by atoms with E-state index in [0.717, 1.165) is 19.3 Å². The van der Waals surface area contributed by atoms with Crippen molar-refractivity contribution in [2.24, 2.45) is 51.2 Å². The quantitative estimate of drug-likeness (QED) is 0.0668. The first kappa shape index (κ1) is 60.9. The highest BCUT2D eigenvalue weighted by Crippen LogP contribution is 2.76. The van der Waals surface area contributed by atoms with E-state index < -0.39 is 171 Å². The van der Waals surface area contributed by atoms with Gasteiger partial charge in [0, 0.05) is 0 Å². The van der Waals surface area contributed by atoms with E-state index in [1.54, 1.807) is 0 Å². The van der Waals surface area contributed by atoms with Crippen LogP contribution in [0.4, 0.5) is 0 Å². The zero-order valence-electron chi connectivity index (χ0n) is 45.5. The van der Waals surface area contributed by atoms with Crippen molar-refractivity contribution in [3.63, 3.8) is 0 Å². The Bertz CT molecular complexity index is 1960. The van der Waals surface area contributed by atoms with Crippen molar-refractivity contribution in [2.45, 2.75) is 254 Å². The molecule has 76 heavy (non-hydrogen) atoms. The predicted octanol–water partition coefficient (Wildman–Crippen LogP) is -1.32. The molecule has 4 saturated heterocycles. The molecule has 8 fully saturated rings. The topological polar surface area (TPSA) is 357 Å². The fourth-order valence-corrected chi connectivity index (χ4v) is 16.1. The minimum Gasteiger partial charge on any atom is -0.394 e. The Hall–Kier alpha value is -1.14. The van der Waals surface area contributed by atoms with E-state index in [1.807, 2.05) is 13.0 Å². The van der Waals surface area contributed by atoms with E-state index in [1.165, 1.54) is 6.92 Å². The summed E-state index contributed by atoms with van der Waals surface area (Å²) in [5, 5.41) is 152. The number of hydrogen-bond acceptors (Lipinski definition) is 22. The van der Waals surface area contributed by atoms with Gasteiger partial charge in [-0.1, -0.05) is 60.6 Å². The summed E-state index contributed by atoms with van der Waals surface area (Å²) in [4.78, 5) is 0. The van der Waals surface area contributed by atoms with Crippen LogP contribution in [0.15, 0.2) is 12.2 Å². The summed E-state index contributed by atoms with van der Waals surface area (Å²) >= 11 is 0. The van der Waals surface area contributed by atoms with Crippen LogP contribution >= 0.6 is 0 Å². The van der Waals surface area contributed by atoms with Crippen molar-refractivity contribution < 1.29 is 109 Å². The molecule has 0 bridgehead atoms. The second-order valence-corrected chi connectivity index (χ2v) is 25.8. The fourth-order valence-electron chi connectivity index (χ4n) is 16.1. The number of aliphatic hydroxyl groups is 14. The van der Waals surface area contributed by atoms with Crippen LogP contribution < -0.4 is 0 Å². The van der Waals surface area contributed by atoms with E-state index in [4.69, 9.17) is 37.9 Å². The minimum absolute atomic E-state index is 0.0466. The van der Waals surface area contributed by atoms with Crippen LogP contribution in [0.5, 0.6) is 0 Å². The van der Waals surface area contributed by atoms with Crippen LogP contribution in [0.2, 0.25) is 0 Å². The molecule has 0 radical (unpaired) electrons. The summed E-state index contributed by atoms with van der Waals surface area (Å²) in [6, 6.07) is 0. The number of allylic oxidation sites excluding steroid dienone is 1. The molecule has 4 aliphatic heterocycles. The number of aliphatic hydroxyl groups excluding tert-OH is 14. The molecule has 30 atom stereocenters. The van der Waals surface area contributed by atoms with E-state index in [-0.39, 0.29) is 40.4 Å². The molecule has 8 rings (SSSR count). The van der Waals surface area contributed by atoms with Gasteiger partial charge in [-0.3, -0.25) is 0 Å². The molecule has 22 heteroatoms. The van der Waals surface area contributed by atoms with Gasteiger partial charge in [0.25, 0.3) is 0 Å². The molecule has 0 aromatic rings. The fraction of sp³-hybridized carbons (Fsp3) is 0.963. The van der Waals surface area contributed by atoms with Gasteiger partial charge in [-0.05, 0) is 116 Å². The molecule has 0 spiro atoms. The molecule has 0 aromatic heterocycles. The molecular weight excluding hydrogens is 1000 g/mol. The molecule has 14 N–H and O–H groups in total. The lowest BCUT2D eigenvalue weighted by atomic mass is 9.35. The van der Waals surface area contributed by atoms with Gasteiger partial charge in [-0.2, -0.15) is 0 Å². The smallest absolute Gasteiger partial charge is 0.187 e. The highest BCUT2D eigenvalue weighted by molar-refractivity contribution is 5.21. The highest BCUT2D eigenvalue weighted by atomic mass is 16.8. The van der Waals surface area contributed by atoms with Gasteiger partial charge in [0.05, 0.1) is 43.7 Å². The van der Waals surface area contributed by atoms with Crippen LogP contribution in [-0.2, 0) is 37.9 Å². The standard InChI is InChI=1S/C54H92O22/c1-23(2)11-10-15-54(9,76-48-44(68)40(64)37(61)29(73-48)22-69-46-42(66)38(62)34(58)24(3)70-46)25-12-17-53(8)33(25)26(57)19-31-51(6)16-14-32(50(4,5)30(51)13-18-52(31,53)7)74-49-45(41(65)36(60)28(21-56)72-49)75-47-43(67)39(63)35(59)27(20-55)71-47/h10-11,23-49,55-68H,12-22H2,1-9H3/b11-10+/t24-,25-,26+,27+,28+,29+,30-,31+,32-,33-,34-,35+,36+,37+,38+,39-,40-,41-,42+,43+,44+,45+,46+,47-,48-,49-,51-,52+,53+,54-/m0/s1. The van der Waals surface area contributed by atoms with Gasteiger partial charge in [-0.25, -0.2) is 0 Å². The van der Waals surface area contributed by atoms with Gasteiger partial charge < -0.3 is 109 Å². The lowest BCUT2D eigenvalue weighted by Gasteiger charge is -2.71. The molecule has 0 unspecified atom stereocenters. The normalized spacial score (nSPS) is 53.5. The summed E-state index contributed by atoms with van der Waals surface area (Å²) in [6.07, 6.45) is -22.5. The zero-order chi connectivity index (χ0) is 55.9. The van der Waals surface area contributed by atoms with Crippen molar-refractivity contribution in [1.82, 2.24) is 0 Å². The predicted molar refractivity (Wildman–Crippen MR) is 265 cm³/mol. The number of fused-ring (bicyclic) bond motifs is 5. The summed E-state index contributed by atoms with van der Waals surface area (Å²) < 4.78 is 49.1.